The molecule has 12 rings (SSSR count). The molecule has 0 unspecified atom stereocenters. The van der Waals surface area contributed by atoms with E-state index in [0.29, 0.717) is 5.82 Å². The minimum atomic E-state index is -0.525. The summed E-state index contributed by atoms with van der Waals surface area (Å²) >= 11 is 0. The molecule has 0 saturated heterocycles. The molecule has 0 spiro atoms. The van der Waals surface area contributed by atoms with E-state index in [4.69, 9.17) is 9.97 Å². The molecular weight excluding hydrogens is 763 g/mol. The van der Waals surface area contributed by atoms with Gasteiger partial charge in [0.25, 0.3) is 0 Å². The van der Waals surface area contributed by atoms with Crippen molar-refractivity contribution in [2.45, 2.75) is 5.41 Å². The van der Waals surface area contributed by atoms with Crippen molar-refractivity contribution in [1.29, 1.82) is 0 Å². The van der Waals surface area contributed by atoms with E-state index < -0.39 is 5.41 Å². The van der Waals surface area contributed by atoms with E-state index in [1.165, 1.54) is 60.7 Å². The predicted molar refractivity (Wildman–Crippen MR) is 259 cm³/mol. The first kappa shape index (κ1) is 36.6. The molecule has 0 amide bonds. The van der Waals surface area contributed by atoms with Gasteiger partial charge in [-0.1, -0.05) is 206 Å². The Morgan fingerprint density at radius 1 is 0.333 bits per heavy atom. The summed E-state index contributed by atoms with van der Waals surface area (Å²) in [5.41, 5.74) is 16.5. The number of hydrogen-bond acceptors (Lipinski definition) is 3. The quantitative estimate of drug-likeness (QED) is 0.161. The molecule has 0 saturated carbocycles. The van der Waals surface area contributed by atoms with Crippen molar-refractivity contribution in [3.05, 3.63) is 259 Å². The van der Waals surface area contributed by atoms with E-state index in [9.17, 15) is 0 Å². The Kier molecular flexibility index (Phi) is 8.72. The van der Waals surface area contributed by atoms with Crippen LogP contribution in [0, 0.1) is 0 Å². The standard InChI is InChI=1S/C60H39N3/c1-4-18-41(19-5-1)59-62-55(43-21-14-20-42(37-43)44-22-16-36-61-39-44)38-56(63-59)51-34-33-50(48-28-12-13-29-49(48)51)52-30-15-31-53-58(52)57-47-27-11-10-17-40(47)32-35-54(57)60(53,45-23-6-2-7-24-45)46-25-8-3-9-26-46/h1-39H. The van der Waals surface area contributed by atoms with E-state index in [0.717, 1.165) is 44.6 Å². The van der Waals surface area contributed by atoms with E-state index in [1.54, 1.807) is 6.20 Å². The fourth-order valence-corrected chi connectivity index (χ4v) is 10.1. The summed E-state index contributed by atoms with van der Waals surface area (Å²) in [6.07, 6.45) is 3.71. The minimum absolute atomic E-state index is 0.525. The Morgan fingerprint density at radius 3 is 1.67 bits per heavy atom. The average molecular weight is 802 g/mol. The Hall–Kier alpha value is -8.27. The third-order valence-electron chi connectivity index (χ3n) is 12.9. The van der Waals surface area contributed by atoms with E-state index in [1.807, 2.05) is 30.5 Å². The van der Waals surface area contributed by atoms with E-state index >= 15 is 0 Å². The molecule has 1 aliphatic rings. The fourth-order valence-electron chi connectivity index (χ4n) is 10.1. The first-order valence-corrected chi connectivity index (χ1v) is 21.5. The molecule has 0 fully saturated rings. The zero-order valence-corrected chi connectivity index (χ0v) is 34.4. The van der Waals surface area contributed by atoms with Crippen LogP contribution in [0.4, 0.5) is 0 Å². The predicted octanol–water partition coefficient (Wildman–Crippen LogP) is 14.9. The highest BCUT2D eigenvalue weighted by atomic mass is 14.9. The summed E-state index contributed by atoms with van der Waals surface area (Å²) in [4.78, 5) is 14.9. The lowest BCUT2D eigenvalue weighted by molar-refractivity contribution is 0.769. The van der Waals surface area contributed by atoms with Crippen LogP contribution in [0.1, 0.15) is 22.3 Å². The summed E-state index contributed by atoms with van der Waals surface area (Å²) < 4.78 is 0. The third-order valence-corrected chi connectivity index (χ3v) is 12.9. The average Bonchev–Trinajstić information content (AvgIpc) is 3.69. The van der Waals surface area contributed by atoms with Crippen molar-refractivity contribution in [2.24, 2.45) is 0 Å². The van der Waals surface area contributed by atoms with Crippen LogP contribution in [-0.2, 0) is 5.41 Å². The Balaban J connectivity index is 1.10. The molecule has 3 nitrogen and oxygen atoms in total. The molecular formula is C60H39N3. The number of pyridine rings is 1. The number of benzene rings is 9. The molecule has 1 aliphatic carbocycles. The molecule has 0 aliphatic heterocycles. The van der Waals surface area contributed by atoms with Crippen molar-refractivity contribution in [1.82, 2.24) is 15.0 Å². The van der Waals surface area contributed by atoms with Crippen molar-refractivity contribution in [2.75, 3.05) is 0 Å². The van der Waals surface area contributed by atoms with Crippen molar-refractivity contribution in [3.8, 4) is 67.3 Å². The van der Waals surface area contributed by atoms with Crippen LogP contribution in [0.15, 0.2) is 237 Å². The number of nitrogens with zero attached hydrogens (tertiary/aromatic N) is 3. The lowest BCUT2D eigenvalue weighted by Crippen LogP contribution is -2.28. The molecule has 294 valence electrons. The van der Waals surface area contributed by atoms with Crippen LogP contribution in [0.3, 0.4) is 0 Å². The molecule has 0 atom stereocenters. The van der Waals surface area contributed by atoms with Crippen LogP contribution in [0.2, 0.25) is 0 Å². The summed E-state index contributed by atoms with van der Waals surface area (Å²) in [5.74, 6) is 0.686. The second-order valence-corrected chi connectivity index (χ2v) is 16.3. The first-order chi connectivity index (χ1) is 31.3. The monoisotopic (exact) mass is 801 g/mol. The maximum Gasteiger partial charge on any atom is 0.160 e. The number of fused-ring (bicyclic) bond motifs is 6. The fraction of sp³-hybridized carbons (Fsp3) is 0.0167. The van der Waals surface area contributed by atoms with Gasteiger partial charge >= 0.3 is 0 Å². The number of hydrogen-bond donors (Lipinski definition) is 0. The lowest BCUT2D eigenvalue weighted by atomic mass is 9.67. The zero-order chi connectivity index (χ0) is 41.7. The Bertz CT molecular complexity index is 3450. The Labute approximate surface area is 366 Å². The second-order valence-electron chi connectivity index (χ2n) is 16.3. The molecule has 2 aromatic heterocycles. The normalized spacial score (nSPS) is 12.6. The summed E-state index contributed by atoms with van der Waals surface area (Å²) in [5, 5.41) is 4.79. The topological polar surface area (TPSA) is 38.7 Å². The van der Waals surface area contributed by atoms with Gasteiger partial charge in [-0.2, -0.15) is 0 Å². The van der Waals surface area contributed by atoms with Crippen LogP contribution in [-0.4, -0.2) is 15.0 Å². The van der Waals surface area contributed by atoms with Gasteiger partial charge in [-0.05, 0) is 89.8 Å². The largest absolute Gasteiger partial charge is 0.264 e. The Morgan fingerprint density at radius 2 is 0.921 bits per heavy atom. The smallest absolute Gasteiger partial charge is 0.160 e. The maximum atomic E-state index is 5.32. The molecule has 2 heterocycles. The highest BCUT2D eigenvalue weighted by molar-refractivity contribution is 6.12. The van der Waals surface area contributed by atoms with Gasteiger partial charge in [-0.15, -0.1) is 0 Å². The van der Waals surface area contributed by atoms with E-state index in [-0.39, 0.29) is 0 Å². The van der Waals surface area contributed by atoms with Gasteiger partial charge < -0.3 is 0 Å². The lowest BCUT2D eigenvalue weighted by Gasteiger charge is -2.34. The summed E-state index contributed by atoms with van der Waals surface area (Å²) in [7, 11) is 0. The van der Waals surface area contributed by atoms with Gasteiger partial charge in [-0.25, -0.2) is 9.97 Å². The number of aromatic nitrogens is 3. The minimum Gasteiger partial charge on any atom is -0.264 e. The molecule has 0 N–H and O–H groups in total. The van der Waals surface area contributed by atoms with Crippen LogP contribution < -0.4 is 0 Å². The molecule has 11 aromatic rings. The zero-order valence-electron chi connectivity index (χ0n) is 34.4. The van der Waals surface area contributed by atoms with Crippen molar-refractivity contribution < 1.29 is 0 Å². The first-order valence-electron chi connectivity index (χ1n) is 21.5. The SMILES string of the molecule is c1ccc(-c2nc(-c3cccc(-c4cccnc4)c3)cc(-c3ccc(-c4cccc5c4-c4c(ccc6ccccc46)C5(c4ccccc4)c4ccccc4)c4ccccc34)n2)cc1. The number of rotatable bonds is 7. The van der Waals surface area contributed by atoms with Gasteiger partial charge in [0.2, 0.25) is 0 Å². The second kappa shape index (κ2) is 15.0. The molecule has 63 heavy (non-hydrogen) atoms. The summed E-state index contributed by atoms with van der Waals surface area (Å²) in [6.45, 7) is 0. The van der Waals surface area contributed by atoms with Gasteiger partial charge in [-0.3, -0.25) is 4.98 Å². The van der Waals surface area contributed by atoms with Crippen LogP contribution in [0.5, 0.6) is 0 Å². The van der Waals surface area contributed by atoms with Gasteiger partial charge in [0.1, 0.15) is 0 Å². The highest BCUT2D eigenvalue weighted by Crippen LogP contribution is 2.60. The molecule has 3 heteroatoms. The van der Waals surface area contributed by atoms with Crippen LogP contribution >= 0.6 is 0 Å². The van der Waals surface area contributed by atoms with Gasteiger partial charge in [0.05, 0.1) is 16.8 Å². The highest BCUT2D eigenvalue weighted by Gasteiger charge is 2.47. The van der Waals surface area contributed by atoms with Gasteiger partial charge in [0.15, 0.2) is 5.82 Å². The van der Waals surface area contributed by atoms with Crippen LogP contribution in [0.25, 0.3) is 88.8 Å². The van der Waals surface area contributed by atoms with Crippen molar-refractivity contribution in [3.63, 3.8) is 0 Å². The molecule has 0 bridgehead atoms. The molecule has 9 aromatic carbocycles. The summed E-state index contributed by atoms with van der Waals surface area (Å²) in [6, 6.07) is 81.0. The maximum absolute atomic E-state index is 5.32. The third kappa shape index (κ3) is 5.93. The molecule has 0 radical (unpaired) electrons. The van der Waals surface area contributed by atoms with Gasteiger partial charge in [0, 0.05) is 34.6 Å². The van der Waals surface area contributed by atoms with Crippen molar-refractivity contribution >= 4 is 21.5 Å². The van der Waals surface area contributed by atoms with E-state index in [2.05, 4.69) is 205 Å².